The molecule has 1 atom stereocenters. The van der Waals surface area contributed by atoms with Gasteiger partial charge in [-0.1, -0.05) is 13.8 Å². The van der Waals surface area contributed by atoms with E-state index >= 15 is 0 Å². The van der Waals surface area contributed by atoms with Gasteiger partial charge >= 0.3 is 11.9 Å². The minimum Gasteiger partial charge on any atom is -0.469 e. The Bertz CT molecular complexity index is 283. The van der Waals surface area contributed by atoms with Crippen LogP contribution in [0.15, 0.2) is 0 Å². The zero-order valence-electron chi connectivity index (χ0n) is 10.8. The first kappa shape index (κ1) is 15.6. The fourth-order valence-electron chi connectivity index (χ4n) is 1.57. The fourth-order valence-corrected chi connectivity index (χ4v) is 1.57. The maximum Gasteiger partial charge on any atom is 0.316 e. The molecule has 0 aromatic rings. The number of carbonyl (C=O) groups excluding carboxylic acids is 3. The number of rotatable bonds is 7. The summed E-state index contributed by atoms with van der Waals surface area (Å²) in [5.41, 5.74) is -0.481. The molecule has 0 aromatic carbocycles. The zero-order valence-corrected chi connectivity index (χ0v) is 10.8. The van der Waals surface area contributed by atoms with Crippen molar-refractivity contribution in [3.8, 4) is 0 Å². The first-order valence-electron chi connectivity index (χ1n) is 5.55. The molecule has 0 N–H and O–H groups in total. The van der Waals surface area contributed by atoms with Crippen molar-refractivity contribution in [3.05, 3.63) is 0 Å². The van der Waals surface area contributed by atoms with Crippen molar-refractivity contribution >= 4 is 18.2 Å². The van der Waals surface area contributed by atoms with Crippen molar-refractivity contribution in [2.24, 2.45) is 11.3 Å². The highest BCUT2D eigenvalue weighted by atomic mass is 16.5. The second-order valence-corrected chi connectivity index (χ2v) is 4.62. The van der Waals surface area contributed by atoms with E-state index in [0.717, 1.165) is 0 Å². The van der Waals surface area contributed by atoms with Gasteiger partial charge in [0.1, 0.15) is 12.2 Å². The van der Waals surface area contributed by atoms with E-state index in [1.165, 1.54) is 7.11 Å². The molecule has 1 unspecified atom stereocenters. The van der Waals surface area contributed by atoms with Gasteiger partial charge in [-0.15, -0.1) is 0 Å². The van der Waals surface area contributed by atoms with Crippen molar-refractivity contribution in [1.82, 2.24) is 0 Å². The molecule has 5 nitrogen and oxygen atoms in total. The van der Waals surface area contributed by atoms with Gasteiger partial charge in [0.2, 0.25) is 0 Å². The zero-order chi connectivity index (χ0) is 13.5. The summed E-state index contributed by atoms with van der Waals surface area (Å²) in [6.45, 7) is 5.53. The number of ether oxygens (including phenoxy) is 2. The lowest BCUT2D eigenvalue weighted by Crippen LogP contribution is -2.28. The molecule has 0 fully saturated rings. The number of carbonyl (C=O) groups is 3. The molecular formula is C12H20O5. The molecule has 0 aliphatic rings. The molecule has 0 heterocycles. The molecule has 0 saturated heterocycles. The van der Waals surface area contributed by atoms with Crippen molar-refractivity contribution in [2.75, 3.05) is 13.7 Å². The lowest BCUT2D eigenvalue weighted by molar-refractivity contribution is -0.152. The molecule has 0 spiro atoms. The molecule has 0 saturated carbocycles. The van der Waals surface area contributed by atoms with Crippen LogP contribution in [0.1, 0.15) is 33.6 Å². The lowest BCUT2D eigenvalue weighted by atomic mass is 9.80. The maximum atomic E-state index is 11.4. The Morgan fingerprint density at radius 1 is 1.35 bits per heavy atom. The van der Waals surface area contributed by atoms with Crippen molar-refractivity contribution in [1.29, 1.82) is 0 Å². The van der Waals surface area contributed by atoms with Gasteiger partial charge in [-0.05, 0) is 18.8 Å². The van der Waals surface area contributed by atoms with Crippen molar-refractivity contribution in [2.45, 2.75) is 33.6 Å². The van der Waals surface area contributed by atoms with Crippen molar-refractivity contribution < 1.29 is 23.9 Å². The minimum atomic E-state index is -0.824. The highest BCUT2D eigenvalue weighted by Crippen LogP contribution is 2.29. The van der Waals surface area contributed by atoms with E-state index in [0.29, 0.717) is 6.29 Å². The standard InChI is InChI=1S/C12H20O5/c1-5-17-11(15)9(8-13)6-12(2,3)7-10(14)16-4/h8-9H,5-7H2,1-4H3. The van der Waals surface area contributed by atoms with E-state index < -0.39 is 17.3 Å². The summed E-state index contributed by atoms with van der Waals surface area (Å²) in [7, 11) is 1.31. The summed E-state index contributed by atoms with van der Waals surface area (Å²) in [5.74, 6) is -1.72. The van der Waals surface area contributed by atoms with E-state index in [4.69, 9.17) is 4.74 Å². The Morgan fingerprint density at radius 2 is 1.94 bits per heavy atom. The van der Waals surface area contributed by atoms with Gasteiger partial charge in [0.05, 0.1) is 20.1 Å². The minimum absolute atomic E-state index is 0.160. The average Bonchev–Trinajstić information content (AvgIpc) is 2.25. The van der Waals surface area contributed by atoms with Crippen molar-refractivity contribution in [3.63, 3.8) is 0 Å². The Morgan fingerprint density at radius 3 is 2.35 bits per heavy atom. The Hall–Kier alpha value is -1.39. The number of methoxy groups -OCH3 is 1. The van der Waals surface area contributed by atoms with E-state index in [1.54, 1.807) is 20.8 Å². The van der Waals surface area contributed by atoms with E-state index in [-0.39, 0.29) is 25.4 Å². The van der Waals surface area contributed by atoms with Crippen LogP contribution < -0.4 is 0 Å². The maximum absolute atomic E-state index is 11.4. The van der Waals surface area contributed by atoms with Crippen LogP contribution in [0, 0.1) is 11.3 Å². The predicted octanol–water partition coefficient (Wildman–Crippen LogP) is 1.34. The first-order chi connectivity index (χ1) is 7.86. The Kier molecular flexibility index (Phi) is 6.46. The molecule has 0 rings (SSSR count). The second-order valence-electron chi connectivity index (χ2n) is 4.62. The molecular weight excluding hydrogens is 224 g/mol. The molecule has 0 bridgehead atoms. The van der Waals surface area contributed by atoms with Crippen LogP contribution in [-0.2, 0) is 23.9 Å². The van der Waals surface area contributed by atoms with Gasteiger partial charge in [-0.3, -0.25) is 9.59 Å². The van der Waals surface area contributed by atoms with Crippen LogP contribution in [0.25, 0.3) is 0 Å². The Labute approximate surface area is 101 Å². The summed E-state index contributed by atoms with van der Waals surface area (Å²) in [5, 5.41) is 0. The fraction of sp³-hybridized carbons (Fsp3) is 0.750. The van der Waals surface area contributed by atoms with E-state index in [1.807, 2.05) is 0 Å². The predicted molar refractivity (Wildman–Crippen MR) is 61.2 cm³/mol. The van der Waals surface area contributed by atoms with Gasteiger partial charge in [0.15, 0.2) is 0 Å². The van der Waals surface area contributed by atoms with E-state index in [2.05, 4.69) is 4.74 Å². The highest BCUT2D eigenvalue weighted by molar-refractivity contribution is 5.87. The molecule has 5 heteroatoms. The van der Waals surface area contributed by atoms with Crippen LogP contribution >= 0.6 is 0 Å². The number of hydrogen-bond donors (Lipinski definition) is 0. The first-order valence-corrected chi connectivity index (χ1v) is 5.55. The summed E-state index contributed by atoms with van der Waals surface area (Å²) in [4.78, 5) is 33.4. The summed E-state index contributed by atoms with van der Waals surface area (Å²) in [6, 6.07) is 0. The third-order valence-corrected chi connectivity index (χ3v) is 2.38. The molecule has 0 aromatic heterocycles. The summed E-state index contributed by atoms with van der Waals surface area (Å²) in [6.07, 6.45) is 0.995. The van der Waals surface area contributed by atoms with E-state index in [9.17, 15) is 14.4 Å². The van der Waals surface area contributed by atoms with Gasteiger partial charge < -0.3 is 14.3 Å². The third kappa shape index (κ3) is 6.04. The van der Waals surface area contributed by atoms with Crippen LogP contribution in [0.3, 0.4) is 0 Å². The van der Waals surface area contributed by atoms with Crippen LogP contribution in [0.2, 0.25) is 0 Å². The lowest BCUT2D eigenvalue weighted by Gasteiger charge is -2.25. The molecule has 0 radical (unpaired) electrons. The molecule has 0 aliphatic heterocycles. The van der Waals surface area contributed by atoms with Gasteiger partial charge in [-0.25, -0.2) is 0 Å². The number of aldehydes is 1. The molecule has 0 amide bonds. The largest absolute Gasteiger partial charge is 0.469 e. The summed E-state index contributed by atoms with van der Waals surface area (Å²) >= 11 is 0. The Balaban J connectivity index is 4.49. The van der Waals surface area contributed by atoms with Gasteiger partial charge in [0.25, 0.3) is 0 Å². The second kappa shape index (κ2) is 7.04. The number of esters is 2. The molecule has 17 heavy (non-hydrogen) atoms. The van der Waals surface area contributed by atoms with Crippen LogP contribution in [0.4, 0.5) is 0 Å². The number of hydrogen-bond acceptors (Lipinski definition) is 5. The average molecular weight is 244 g/mol. The topological polar surface area (TPSA) is 69.7 Å². The third-order valence-electron chi connectivity index (χ3n) is 2.38. The van der Waals surface area contributed by atoms with Crippen LogP contribution in [-0.4, -0.2) is 31.9 Å². The monoisotopic (exact) mass is 244 g/mol. The summed E-state index contributed by atoms with van der Waals surface area (Å²) < 4.78 is 9.35. The molecule has 98 valence electrons. The van der Waals surface area contributed by atoms with Gasteiger partial charge in [0, 0.05) is 0 Å². The van der Waals surface area contributed by atoms with Gasteiger partial charge in [-0.2, -0.15) is 0 Å². The quantitative estimate of drug-likeness (QED) is 0.384. The van der Waals surface area contributed by atoms with Crippen LogP contribution in [0.5, 0.6) is 0 Å². The molecule has 0 aliphatic carbocycles. The smallest absolute Gasteiger partial charge is 0.316 e. The SMILES string of the molecule is CCOC(=O)C(C=O)CC(C)(C)CC(=O)OC. The normalized spacial score (nSPS) is 12.7. The highest BCUT2D eigenvalue weighted by Gasteiger charge is 2.30.